The van der Waals surface area contributed by atoms with Crippen molar-refractivity contribution in [3.05, 3.63) is 67.5 Å². The fraction of sp³-hybridized carbons (Fsp3) is 0.143. The second-order valence-electron chi connectivity index (χ2n) is 3.84. The summed E-state index contributed by atoms with van der Waals surface area (Å²) in [5.74, 6) is 1.15. The van der Waals surface area contributed by atoms with Crippen molar-refractivity contribution in [3.63, 3.8) is 0 Å². The minimum atomic E-state index is 1.01. The van der Waals surface area contributed by atoms with Gasteiger partial charge >= 0.3 is 0 Å². The molecule has 0 aliphatic heterocycles. The molecule has 0 amide bonds. The third-order valence-corrected chi connectivity index (χ3v) is 2.28. The van der Waals surface area contributed by atoms with Crippen molar-refractivity contribution in [1.82, 2.24) is 5.01 Å². The molecule has 2 heteroatoms. The topological polar surface area (TPSA) is 15.6 Å². The third-order valence-electron chi connectivity index (χ3n) is 2.28. The van der Waals surface area contributed by atoms with Crippen LogP contribution in [-0.4, -0.2) is 24.8 Å². The first kappa shape index (κ1) is 11.2. The van der Waals surface area contributed by atoms with Crippen molar-refractivity contribution in [2.45, 2.75) is 0 Å². The molecule has 0 unspecified atom stereocenters. The molecule has 1 fully saturated rings. The van der Waals surface area contributed by atoms with Gasteiger partial charge in [-0.2, -0.15) is 5.10 Å². The molecular weight excluding hydrogens is 196 g/mol. The summed E-state index contributed by atoms with van der Waals surface area (Å²) in [4.78, 5) is 0. The standard InChI is InChI=1S/C14H15N2/c1-16(2)15-14(13-10-6-7-11-13)12-8-4-3-5-9-12/h3-11H,1-2H3/b15-14+. The van der Waals surface area contributed by atoms with E-state index in [0.717, 1.165) is 17.2 Å². The molecule has 0 saturated heterocycles. The van der Waals surface area contributed by atoms with E-state index < -0.39 is 0 Å². The lowest BCUT2D eigenvalue weighted by atomic mass is 9.95. The van der Waals surface area contributed by atoms with Gasteiger partial charge in [0.05, 0.1) is 5.71 Å². The van der Waals surface area contributed by atoms with E-state index in [1.165, 1.54) is 0 Å². The quantitative estimate of drug-likeness (QED) is 0.553. The number of benzene rings is 1. The smallest absolute Gasteiger partial charge is 0.0754 e. The van der Waals surface area contributed by atoms with Gasteiger partial charge in [0.2, 0.25) is 0 Å². The zero-order valence-corrected chi connectivity index (χ0v) is 9.59. The maximum atomic E-state index is 4.54. The van der Waals surface area contributed by atoms with Crippen LogP contribution in [0, 0.1) is 31.6 Å². The molecule has 0 bridgehead atoms. The van der Waals surface area contributed by atoms with Gasteiger partial charge in [-0.15, -0.1) is 0 Å². The molecule has 1 aliphatic carbocycles. The van der Waals surface area contributed by atoms with Crippen LogP contribution in [0.25, 0.3) is 0 Å². The van der Waals surface area contributed by atoms with Gasteiger partial charge in [0.1, 0.15) is 0 Å². The lowest BCUT2D eigenvalue weighted by Gasteiger charge is -2.15. The summed E-state index contributed by atoms with van der Waals surface area (Å²) in [7, 11) is 3.87. The van der Waals surface area contributed by atoms with Crippen molar-refractivity contribution < 1.29 is 0 Å². The van der Waals surface area contributed by atoms with Crippen LogP contribution in [0.5, 0.6) is 0 Å². The fourth-order valence-electron chi connectivity index (χ4n) is 1.61. The van der Waals surface area contributed by atoms with Gasteiger partial charge in [0, 0.05) is 20.0 Å². The van der Waals surface area contributed by atoms with Crippen LogP contribution in [0.15, 0.2) is 35.4 Å². The van der Waals surface area contributed by atoms with Gasteiger partial charge in [0.15, 0.2) is 0 Å². The van der Waals surface area contributed by atoms with Crippen LogP contribution in [0.1, 0.15) is 5.56 Å². The largest absolute Gasteiger partial charge is 0.303 e. The molecule has 1 aliphatic rings. The predicted molar refractivity (Wildman–Crippen MR) is 67.1 cm³/mol. The summed E-state index contributed by atoms with van der Waals surface area (Å²) in [5, 5.41) is 6.37. The van der Waals surface area contributed by atoms with Crippen LogP contribution in [-0.2, 0) is 0 Å². The Hall–Kier alpha value is -1.31. The molecule has 2 rings (SSSR count). The number of rotatable bonds is 3. The molecule has 0 atom stereocenters. The average molecular weight is 211 g/mol. The van der Waals surface area contributed by atoms with E-state index in [4.69, 9.17) is 0 Å². The van der Waals surface area contributed by atoms with E-state index in [2.05, 4.69) is 30.1 Å². The van der Waals surface area contributed by atoms with Gasteiger partial charge in [0.25, 0.3) is 0 Å². The molecule has 0 aromatic heterocycles. The first-order valence-electron chi connectivity index (χ1n) is 5.31. The maximum absolute atomic E-state index is 4.54. The second-order valence-corrected chi connectivity index (χ2v) is 3.84. The first-order chi connectivity index (χ1) is 7.77. The lowest BCUT2D eigenvalue weighted by Crippen LogP contribution is -2.16. The fourth-order valence-corrected chi connectivity index (χ4v) is 1.61. The van der Waals surface area contributed by atoms with E-state index in [1.807, 2.05) is 50.1 Å². The maximum Gasteiger partial charge on any atom is 0.0754 e. The van der Waals surface area contributed by atoms with Gasteiger partial charge in [-0.25, -0.2) is 0 Å². The summed E-state index contributed by atoms with van der Waals surface area (Å²) in [6.07, 6.45) is 8.22. The van der Waals surface area contributed by atoms with Crippen molar-refractivity contribution in [1.29, 1.82) is 0 Å². The molecule has 16 heavy (non-hydrogen) atoms. The Bertz CT molecular complexity index is 348. The Morgan fingerprint density at radius 2 is 1.62 bits per heavy atom. The highest BCUT2D eigenvalue weighted by Crippen LogP contribution is 2.27. The molecule has 2 nitrogen and oxygen atoms in total. The third kappa shape index (κ3) is 2.63. The van der Waals surface area contributed by atoms with Gasteiger partial charge < -0.3 is 5.01 Å². The van der Waals surface area contributed by atoms with Crippen molar-refractivity contribution >= 4 is 5.71 Å². The Kier molecular flexibility index (Phi) is 3.60. The molecule has 1 saturated carbocycles. The molecule has 1 aromatic carbocycles. The molecule has 0 heterocycles. The number of hydrogen-bond donors (Lipinski definition) is 0. The van der Waals surface area contributed by atoms with Crippen molar-refractivity contribution in [2.75, 3.05) is 14.1 Å². The minimum absolute atomic E-state index is 1.01. The van der Waals surface area contributed by atoms with Crippen LogP contribution < -0.4 is 0 Å². The van der Waals surface area contributed by atoms with E-state index >= 15 is 0 Å². The van der Waals surface area contributed by atoms with Crippen LogP contribution in [0.4, 0.5) is 0 Å². The highest BCUT2D eigenvalue weighted by Gasteiger charge is 2.24. The van der Waals surface area contributed by atoms with E-state index in [-0.39, 0.29) is 0 Å². The van der Waals surface area contributed by atoms with Gasteiger partial charge in [-0.05, 0) is 31.2 Å². The van der Waals surface area contributed by atoms with E-state index in [0.29, 0.717) is 0 Å². The summed E-state index contributed by atoms with van der Waals surface area (Å²) in [5.41, 5.74) is 2.15. The van der Waals surface area contributed by atoms with Crippen molar-refractivity contribution in [2.24, 2.45) is 5.10 Å². The number of hydrogen-bond acceptors (Lipinski definition) is 2. The Balaban J connectivity index is 2.28. The zero-order chi connectivity index (χ0) is 11.4. The SMILES string of the molecule is CN(C)/N=C(/[C]1[CH][CH][CH][CH]1)c1ccccc1. The summed E-state index contributed by atoms with van der Waals surface area (Å²) in [6.45, 7) is 0. The summed E-state index contributed by atoms with van der Waals surface area (Å²) in [6, 6.07) is 10.2. The van der Waals surface area contributed by atoms with Crippen LogP contribution in [0.3, 0.4) is 0 Å². The van der Waals surface area contributed by atoms with Crippen LogP contribution >= 0.6 is 0 Å². The van der Waals surface area contributed by atoms with Gasteiger partial charge in [-0.1, -0.05) is 30.3 Å². The first-order valence-corrected chi connectivity index (χ1v) is 5.31. The monoisotopic (exact) mass is 211 g/mol. The lowest BCUT2D eigenvalue weighted by molar-refractivity contribution is 0.437. The molecule has 0 spiro atoms. The highest BCUT2D eigenvalue weighted by molar-refractivity contribution is 6.13. The minimum Gasteiger partial charge on any atom is -0.303 e. The predicted octanol–water partition coefficient (Wildman–Crippen LogP) is 2.36. The van der Waals surface area contributed by atoms with Crippen LogP contribution in [0.2, 0.25) is 0 Å². The molecule has 1 aromatic rings. The van der Waals surface area contributed by atoms with E-state index in [9.17, 15) is 0 Å². The Morgan fingerprint density at radius 3 is 2.19 bits per heavy atom. The molecule has 81 valence electrons. The molecule has 0 N–H and O–H groups in total. The number of hydrazone groups is 1. The molecular formula is C14H15N2. The zero-order valence-electron chi connectivity index (χ0n) is 9.59. The normalized spacial score (nSPS) is 17.8. The second kappa shape index (κ2) is 5.15. The summed E-state index contributed by atoms with van der Waals surface area (Å²) >= 11 is 0. The Labute approximate surface area is 98.0 Å². The van der Waals surface area contributed by atoms with Gasteiger partial charge in [-0.3, -0.25) is 0 Å². The molecule has 5 radical (unpaired) electrons. The Morgan fingerprint density at radius 1 is 1.00 bits per heavy atom. The van der Waals surface area contributed by atoms with Crippen molar-refractivity contribution in [3.8, 4) is 0 Å². The highest BCUT2D eigenvalue weighted by atomic mass is 15.4. The average Bonchev–Trinajstić information content (AvgIpc) is 2.80. The van der Waals surface area contributed by atoms with E-state index in [1.54, 1.807) is 0 Å². The summed E-state index contributed by atoms with van der Waals surface area (Å²) < 4.78 is 0. The number of nitrogens with zero attached hydrogens (tertiary/aromatic N) is 2.